The molecule has 0 fully saturated rings. The zero-order chi connectivity index (χ0) is 18.5. The highest BCUT2D eigenvalue weighted by molar-refractivity contribution is 7.13. The van der Waals surface area contributed by atoms with Crippen LogP contribution in [-0.2, 0) is 11.3 Å². The topological polar surface area (TPSA) is 45.2 Å². The van der Waals surface area contributed by atoms with Gasteiger partial charge in [0.15, 0.2) is 0 Å². The number of likely N-dealkylation sites (N-methyl/N-ethyl adjacent to an activating group) is 1. The molecule has 6 heteroatoms. The van der Waals surface area contributed by atoms with Gasteiger partial charge < -0.3 is 5.32 Å². The Balaban J connectivity index is 1.54. The quantitative estimate of drug-likeness (QED) is 0.660. The minimum Gasteiger partial charge on any atom is -0.325 e. The second-order valence-electron chi connectivity index (χ2n) is 6.24. The molecule has 3 aromatic rings. The molecular weight excluding hydrogens is 366 g/mol. The minimum absolute atomic E-state index is 0.0659. The van der Waals surface area contributed by atoms with Crippen LogP contribution in [0.4, 0.5) is 5.69 Å². The van der Waals surface area contributed by atoms with Gasteiger partial charge in [0, 0.05) is 28.2 Å². The SMILES string of the molecule is Cc1ccc(-c2nc(CN(C)CC(=O)Nc3ccc(Cl)cc3)cs2)cc1. The number of amides is 1. The van der Waals surface area contributed by atoms with Gasteiger partial charge in [-0.1, -0.05) is 41.4 Å². The number of halogens is 1. The maximum absolute atomic E-state index is 12.2. The summed E-state index contributed by atoms with van der Waals surface area (Å²) < 4.78 is 0. The molecule has 0 atom stereocenters. The summed E-state index contributed by atoms with van der Waals surface area (Å²) in [6, 6.07) is 15.4. The van der Waals surface area contributed by atoms with Crippen molar-refractivity contribution in [2.24, 2.45) is 0 Å². The van der Waals surface area contributed by atoms with E-state index in [1.165, 1.54) is 5.56 Å². The van der Waals surface area contributed by atoms with E-state index in [9.17, 15) is 4.79 Å². The average Bonchev–Trinajstić information content (AvgIpc) is 3.05. The number of aryl methyl sites for hydroxylation is 1. The number of carbonyl (C=O) groups is 1. The predicted molar refractivity (Wildman–Crippen MR) is 109 cm³/mol. The average molecular weight is 386 g/mol. The highest BCUT2D eigenvalue weighted by atomic mass is 35.5. The van der Waals surface area contributed by atoms with Crippen molar-refractivity contribution in [3.8, 4) is 10.6 Å². The van der Waals surface area contributed by atoms with Gasteiger partial charge in [-0.15, -0.1) is 11.3 Å². The highest BCUT2D eigenvalue weighted by Gasteiger charge is 2.10. The summed E-state index contributed by atoms with van der Waals surface area (Å²) in [5.41, 5.74) is 4.06. The molecule has 0 bridgehead atoms. The monoisotopic (exact) mass is 385 g/mol. The number of carbonyl (C=O) groups excluding carboxylic acids is 1. The first kappa shape index (κ1) is 18.6. The summed E-state index contributed by atoms with van der Waals surface area (Å²) in [6.07, 6.45) is 0. The number of thiazole rings is 1. The number of nitrogens with zero attached hydrogens (tertiary/aromatic N) is 2. The van der Waals surface area contributed by atoms with Crippen LogP contribution in [-0.4, -0.2) is 29.4 Å². The lowest BCUT2D eigenvalue weighted by molar-refractivity contribution is -0.117. The van der Waals surface area contributed by atoms with Crippen LogP contribution >= 0.6 is 22.9 Å². The van der Waals surface area contributed by atoms with Gasteiger partial charge in [0.25, 0.3) is 0 Å². The van der Waals surface area contributed by atoms with E-state index in [4.69, 9.17) is 11.6 Å². The molecule has 1 aromatic heterocycles. The van der Waals surface area contributed by atoms with Crippen LogP contribution in [0.25, 0.3) is 10.6 Å². The molecule has 0 spiro atoms. The molecule has 0 saturated heterocycles. The summed E-state index contributed by atoms with van der Waals surface area (Å²) >= 11 is 7.47. The van der Waals surface area contributed by atoms with Crippen LogP contribution in [0.5, 0.6) is 0 Å². The molecule has 1 N–H and O–H groups in total. The molecular formula is C20H20ClN3OS. The van der Waals surface area contributed by atoms with E-state index >= 15 is 0 Å². The van der Waals surface area contributed by atoms with Crippen molar-refractivity contribution in [2.45, 2.75) is 13.5 Å². The van der Waals surface area contributed by atoms with E-state index < -0.39 is 0 Å². The summed E-state index contributed by atoms with van der Waals surface area (Å²) in [7, 11) is 1.91. The molecule has 2 aromatic carbocycles. The molecule has 0 radical (unpaired) electrons. The third-order valence-electron chi connectivity index (χ3n) is 3.82. The van der Waals surface area contributed by atoms with Crippen molar-refractivity contribution in [3.05, 3.63) is 70.2 Å². The molecule has 0 aliphatic carbocycles. The number of aromatic nitrogens is 1. The highest BCUT2D eigenvalue weighted by Crippen LogP contribution is 2.24. The van der Waals surface area contributed by atoms with Crippen molar-refractivity contribution >= 4 is 34.5 Å². The maximum atomic E-state index is 12.2. The molecule has 26 heavy (non-hydrogen) atoms. The molecule has 0 aliphatic heterocycles. The van der Waals surface area contributed by atoms with E-state index in [0.29, 0.717) is 18.1 Å². The largest absolute Gasteiger partial charge is 0.325 e. The van der Waals surface area contributed by atoms with Crippen LogP contribution < -0.4 is 5.32 Å². The van der Waals surface area contributed by atoms with E-state index in [0.717, 1.165) is 22.0 Å². The second-order valence-corrected chi connectivity index (χ2v) is 7.53. The number of hydrogen-bond acceptors (Lipinski definition) is 4. The molecule has 0 saturated carbocycles. The molecule has 0 unspecified atom stereocenters. The predicted octanol–water partition coefficient (Wildman–Crippen LogP) is 4.84. The molecule has 1 amide bonds. The molecule has 4 nitrogen and oxygen atoms in total. The Kier molecular flexibility index (Phi) is 6.04. The third-order valence-corrected chi connectivity index (χ3v) is 5.02. The van der Waals surface area contributed by atoms with Crippen LogP contribution in [0.15, 0.2) is 53.9 Å². The fourth-order valence-electron chi connectivity index (χ4n) is 2.52. The minimum atomic E-state index is -0.0659. The van der Waals surface area contributed by atoms with E-state index in [-0.39, 0.29) is 5.91 Å². The van der Waals surface area contributed by atoms with Gasteiger partial charge >= 0.3 is 0 Å². The fourth-order valence-corrected chi connectivity index (χ4v) is 3.46. The Bertz CT molecular complexity index is 875. The van der Waals surface area contributed by atoms with Crippen molar-refractivity contribution in [1.82, 2.24) is 9.88 Å². The summed E-state index contributed by atoms with van der Waals surface area (Å²) in [5.74, 6) is -0.0659. The van der Waals surface area contributed by atoms with Crippen LogP contribution in [0.1, 0.15) is 11.3 Å². The number of anilines is 1. The normalized spacial score (nSPS) is 10.9. The Morgan fingerprint density at radius 2 is 1.85 bits per heavy atom. The standard InChI is InChI=1S/C20H20ClN3OS/c1-14-3-5-15(6-4-14)20-23-18(13-26-20)11-24(2)12-19(25)22-17-9-7-16(21)8-10-17/h3-10,13H,11-12H2,1-2H3,(H,22,25). The zero-order valence-electron chi connectivity index (χ0n) is 14.7. The van der Waals surface area contributed by atoms with Crippen molar-refractivity contribution in [3.63, 3.8) is 0 Å². The molecule has 0 aliphatic rings. The van der Waals surface area contributed by atoms with Crippen molar-refractivity contribution in [1.29, 1.82) is 0 Å². The van der Waals surface area contributed by atoms with Gasteiger partial charge in [-0.25, -0.2) is 4.98 Å². The van der Waals surface area contributed by atoms with Gasteiger partial charge in [0.05, 0.1) is 12.2 Å². The smallest absolute Gasteiger partial charge is 0.238 e. The summed E-state index contributed by atoms with van der Waals surface area (Å²) in [5, 5.41) is 6.55. The van der Waals surface area contributed by atoms with Crippen LogP contribution in [0.2, 0.25) is 5.02 Å². The Morgan fingerprint density at radius 3 is 2.54 bits per heavy atom. The molecule has 134 valence electrons. The fraction of sp³-hybridized carbons (Fsp3) is 0.200. The number of rotatable bonds is 6. The van der Waals surface area contributed by atoms with Gasteiger partial charge in [0.1, 0.15) is 5.01 Å². The van der Waals surface area contributed by atoms with E-state index in [1.54, 1.807) is 35.6 Å². The Morgan fingerprint density at radius 1 is 1.15 bits per heavy atom. The van der Waals surface area contributed by atoms with Gasteiger partial charge in [-0.2, -0.15) is 0 Å². The molecule has 1 heterocycles. The summed E-state index contributed by atoms with van der Waals surface area (Å²) in [4.78, 5) is 18.8. The first-order chi connectivity index (χ1) is 12.5. The van der Waals surface area contributed by atoms with Gasteiger partial charge in [-0.05, 0) is 38.2 Å². The van der Waals surface area contributed by atoms with Gasteiger partial charge in [-0.3, -0.25) is 9.69 Å². The first-order valence-electron chi connectivity index (χ1n) is 8.25. The number of hydrogen-bond donors (Lipinski definition) is 1. The Labute approximate surface area is 162 Å². The first-order valence-corrected chi connectivity index (χ1v) is 9.51. The maximum Gasteiger partial charge on any atom is 0.238 e. The van der Waals surface area contributed by atoms with E-state index in [2.05, 4.69) is 41.5 Å². The Hall–Kier alpha value is -2.21. The van der Waals surface area contributed by atoms with E-state index in [1.807, 2.05) is 17.3 Å². The zero-order valence-corrected chi connectivity index (χ0v) is 16.3. The summed E-state index contributed by atoms with van der Waals surface area (Å²) in [6.45, 7) is 2.98. The van der Waals surface area contributed by atoms with Crippen molar-refractivity contribution < 1.29 is 4.79 Å². The third kappa shape index (κ3) is 5.14. The lowest BCUT2D eigenvalue weighted by Crippen LogP contribution is -2.29. The molecule has 3 rings (SSSR count). The van der Waals surface area contributed by atoms with Crippen LogP contribution in [0.3, 0.4) is 0 Å². The van der Waals surface area contributed by atoms with Gasteiger partial charge in [0.2, 0.25) is 5.91 Å². The lowest BCUT2D eigenvalue weighted by Gasteiger charge is -2.15. The van der Waals surface area contributed by atoms with Crippen LogP contribution in [0, 0.1) is 6.92 Å². The number of benzene rings is 2. The number of nitrogens with one attached hydrogen (secondary N) is 1. The second kappa shape index (κ2) is 8.45. The lowest BCUT2D eigenvalue weighted by atomic mass is 10.2. The van der Waals surface area contributed by atoms with Crippen molar-refractivity contribution in [2.75, 3.05) is 18.9 Å².